The molecular weight excluding hydrogens is 146 g/mol. The van der Waals surface area contributed by atoms with E-state index in [0.29, 0.717) is 5.56 Å². The van der Waals surface area contributed by atoms with E-state index in [4.69, 9.17) is 5.26 Å². The van der Waals surface area contributed by atoms with Crippen molar-refractivity contribution >= 4 is 0 Å². The summed E-state index contributed by atoms with van der Waals surface area (Å²) >= 11 is 0. The molecule has 0 aliphatic rings. The second kappa shape index (κ2) is 3.73. The van der Waals surface area contributed by atoms with Gasteiger partial charge in [0.1, 0.15) is 0 Å². The van der Waals surface area contributed by atoms with Crippen molar-refractivity contribution in [2.45, 2.75) is 13.3 Å². The van der Waals surface area contributed by atoms with Crippen molar-refractivity contribution in [3.8, 4) is 6.07 Å². The zero-order valence-electron chi connectivity index (χ0n) is 7.09. The van der Waals surface area contributed by atoms with Crippen LogP contribution in [0.5, 0.6) is 0 Å². The number of nitriles is 1. The summed E-state index contributed by atoms with van der Waals surface area (Å²) in [6.07, 6.45) is 3.77. The molecule has 1 aromatic carbocycles. The van der Waals surface area contributed by atoms with Gasteiger partial charge in [0.05, 0.1) is 11.6 Å². The van der Waals surface area contributed by atoms with Gasteiger partial charge >= 0.3 is 0 Å². The molecule has 0 unspecified atom stereocenters. The van der Waals surface area contributed by atoms with E-state index in [-0.39, 0.29) is 0 Å². The standard InChI is InChI=1S/C11H10N/c1-3-10-6-5-9(8-12)7-11(10)4-2/h5-7H,2-3H2,1H3. The van der Waals surface area contributed by atoms with Crippen LogP contribution in [0, 0.1) is 17.4 Å². The smallest absolute Gasteiger partial charge is 0.0991 e. The van der Waals surface area contributed by atoms with Crippen molar-refractivity contribution in [3.05, 3.63) is 47.5 Å². The largest absolute Gasteiger partial charge is 0.192 e. The molecule has 1 aromatic rings. The minimum atomic E-state index is 0.665. The van der Waals surface area contributed by atoms with Crippen molar-refractivity contribution in [1.82, 2.24) is 0 Å². The van der Waals surface area contributed by atoms with E-state index in [1.54, 1.807) is 0 Å². The monoisotopic (exact) mass is 156 g/mol. The van der Waals surface area contributed by atoms with Crippen LogP contribution in [0.15, 0.2) is 24.8 Å². The van der Waals surface area contributed by atoms with Crippen LogP contribution >= 0.6 is 0 Å². The van der Waals surface area contributed by atoms with Crippen LogP contribution in [-0.2, 0) is 6.42 Å². The summed E-state index contributed by atoms with van der Waals surface area (Å²) in [7, 11) is 0. The van der Waals surface area contributed by atoms with E-state index in [0.717, 1.165) is 12.0 Å². The highest BCUT2D eigenvalue weighted by atomic mass is 14.2. The maximum Gasteiger partial charge on any atom is 0.0991 e. The molecule has 0 aliphatic carbocycles. The van der Waals surface area contributed by atoms with Crippen LogP contribution in [0.3, 0.4) is 0 Å². The Labute approximate surface area is 73.0 Å². The average molecular weight is 156 g/mol. The minimum absolute atomic E-state index is 0.665. The Balaban J connectivity index is 3.21. The van der Waals surface area contributed by atoms with Gasteiger partial charge in [0.15, 0.2) is 0 Å². The molecule has 0 atom stereocenters. The summed E-state index contributed by atoms with van der Waals surface area (Å²) in [5.41, 5.74) is 2.79. The molecule has 0 aromatic heterocycles. The Hall–Kier alpha value is -1.55. The molecule has 0 aliphatic heterocycles. The zero-order valence-corrected chi connectivity index (χ0v) is 7.09. The Bertz CT molecular complexity index is 331. The van der Waals surface area contributed by atoms with Crippen molar-refractivity contribution in [2.24, 2.45) is 0 Å². The molecular formula is C11H10N. The lowest BCUT2D eigenvalue weighted by Crippen LogP contribution is -1.87. The van der Waals surface area contributed by atoms with Gasteiger partial charge in [0.2, 0.25) is 0 Å². The van der Waals surface area contributed by atoms with Gasteiger partial charge in [-0.2, -0.15) is 5.26 Å². The van der Waals surface area contributed by atoms with Crippen molar-refractivity contribution in [3.63, 3.8) is 0 Å². The van der Waals surface area contributed by atoms with Crippen LogP contribution in [0.2, 0.25) is 0 Å². The first kappa shape index (κ1) is 8.55. The Morgan fingerprint density at radius 2 is 2.25 bits per heavy atom. The summed E-state index contributed by atoms with van der Waals surface area (Å²) in [5, 5.41) is 8.62. The predicted molar refractivity (Wildman–Crippen MR) is 48.5 cm³/mol. The second-order valence-electron chi connectivity index (χ2n) is 2.51. The van der Waals surface area contributed by atoms with Crippen LogP contribution in [-0.4, -0.2) is 0 Å². The molecule has 0 N–H and O–H groups in total. The third-order valence-electron chi connectivity index (χ3n) is 1.81. The molecule has 59 valence electrons. The highest BCUT2D eigenvalue weighted by Gasteiger charge is 1.98. The fourth-order valence-corrected chi connectivity index (χ4v) is 1.12. The molecule has 12 heavy (non-hydrogen) atoms. The zero-order chi connectivity index (χ0) is 8.97. The first-order valence-electron chi connectivity index (χ1n) is 3.88. The first-order chi connectivity index (χ1) is 5.81. The Morgan fingerprint density at radius 1 is 1.50 bits per heavy atom. The lowest BCUT2D eigenvalue weighted by molar-refractivity contribution is 1.12. The average Bonchev–Trinajstić information content (AvgIpc) is 2.16. The first-order valence-corrected chi connectivity index (χ1v) is 3.88. The van der Waals surface area contributed by atoms with Gasteiger partial charge in [0.25, 0.3) is 0 Å². The molecule has 0 fully saturated rings. The van der Waals surface area contributed by atoms with Crippen LogP contribution in [0.1, 0.15) is 23.6 Å². The van der Waals surface area contributed by atoms with Crippen LogP contribution in [0.25, 0.3) is 0 Å². The van der Waals surface area contributed by atoms with Gasteiger partial charge in [-0.25, -0.2) is 0 Å². The summed E-state index contributed by atoms with van der Waals surface area (Å²) in [6.45, 7) is 5.65. The molecule has 0 spiro atoms. The SMILES string of the molecule is C=[C]c1cc(C#N)ccc1CC. The van der Waals surface area contributed by atoms with Gasteiger partial charge < -0.3 is 0 Å². The number of benzene rings is 1. The predicted octanol–water partition coefficient (Wildman–Crippen LogP) is 2.46. The highest BCUT2D eigenvalue weighted by molar-refractivity contribution is 5.40. The minimum Gasteiger partial charge on any atom is -0.192 e. The van der Waals surface area contributed by atoms with E-state index in [1.165, 1.54) is 5.56 Å². The van der Waals surface area contributed by atoms with Gasteiger partial charge in [-0.05, 0) is 35.8 Å². The summed E-state index contributed by atoms with van der Waals surface area (Å²) in [4.78, 5) is 0. The third-order valence-corrected chi connectivity index (χ3v) is 1.81. The number of rotatable bonds is 2. The van der Waals surface area contributed by atoms with Gasteiger partial charge in [-0.15, -0.1) is 0 Å². The Kier molecular flexibility index (Phi) is 2.66. The van der Waals surface area contributed by atoms with Crippen molar-refractivity contribution in [1.29, 1.82) is 5.26 Å². The van der Waals surface area contributed by atoms with E-state index < -0.39 is 0 Å². The molecule has 1 nitrogen and oxygen atoms in total. The molecule has 1 rings (SSSR count). The van der Waals surface area contributed by atoms with Gasteiger partial charge in [-0.1, -0.05) is 19.6 Å². The summed E-state index contributed by atoms with van der Waals surface area (Å²) < 4.78 is 0. The number of aryl methyl sites for hydroxylation is 1. The summed E-state index contributed by atoms with van der Waals surface area (Å²) in [5.74, 6) is 0. The van der Waals surface area contributed by atoms with E-state index >= 15 is 0 Å². The normalized spacial score (nSPS) is 9.00. The molecule has 0 bridgehead atoms. The van der Waals surface area contributed by atoms with E-state index in [2.05, 4.69) is 25.6 Å². The number of hydrogen-bond donors (Lipinski definition) is 0. The fourth-order valence-electron chi connectivity index (χ4n) is 1.12. The Morgan fingerprint density at radius 3 is 2.75 bits per heavy atom. The quantitative estimate of drug-likeness (QED) is 0.645. The van der Waals surface area contributed by atoms with Crippen LogP contribution in [0.4, 0.5) is 0 Å². The third kappa shape index (κ3) is 1.54. The lowest BCUT2D eigenvalue weighted by atomic mass is 10.0. The fraction of sp³-hybridized carbons (Fsp3) is 0.182. The topological polar surface area (TPSA) is 23.8 Å². The maximum absolute atomic E-state index is 8.62. The van der Waals surface area contributed by atoms with Gasteiger partial charge in [0, 0.05) is 0 Å². The summed E-state index contributed by atoms with van der Waals surface area (Å²) in [6, 6.07) is 7.67. The molecule has 1 radical (unpaired) electrons. The number of hydrogen-bond acceptors (Lipinski definition) is 1. The molecule has 0 amide bonds. The van der Waals surface area contributed by atoms with Crippen molar-refractivity contribution in [2.75, 3.05) is 0 Å². The second-order valence-corrected chi connectivity index (χ2v) is 2.51. The van der Waals surface area contributed by atoms with Crippen molar-refractivity contribution < 1.29 is 0 Å². The molecule has 0 saturated carbocycles. The molecule has 0 heterocycles. The van der Waals surface area contributed by atoms with Gasteiger partial charge in [-0.3, -0.25) is 0 Å². The maximum atomic E-state index is 8.62. The van der Waals surface area contributed by atoms with Crippen LogP contribution < -0.4 is 0 Å². The van der Waals surface area contributed by atoms with E-state index in [9.17, 15) is 0 Å². The number of nitrogens with zero attached hydrogens (tertiary/aromatic N) is 1. The molecule has 1 heteroatoms. The van der Waals surface area contributed by atoms with E-state index in [1.807, 2.05) is 18.2 Å². The lowest BCUT2D eigenvalue weighted by Gasteiger charge is -2.01. The molecule has 0 saturated heterocycles. The highest BCUT2D eigenvalue weighted by Crippen LogP contribution is 2.11.